The summed E-state index contributed by atoms with van der Waals surface area (Å²) in [7, 11) is 3.29. The summed E-state index contributed by atoms with van der Waals surface area (Å²) in [6.07, 6.45) is 4.59. The SMILES string of the molecule is COc1cc(NCCc2cccnc2)cc(OC)c1. The van der Waals surface area contributed by atoms with Gasteiger partial charge in [0.1, 0.15) is 11.5 Å². The molecular weight excluding hydrogens is 240 g/mol. The molecule has 4 nitrogen and oxygen atoms in total. The molecule has 4 heteroatoms. The standard InChI is InChI=1S/C15H18N2O2/c1-18-14-8-13(9-15(10-14)19-2)17-7-5-12-4-3-6-16-11-12/h3-4,6,8-11,17H,5,7H2,1-2H3. The quantitative estimate of drug-likeness (QED) is 0.865. The molecule has 0 aliphatic rings. The lowest BCUT2D eigenvalue weighted by Gasteiger charge is -2.10. The Morgan fingerprint density at radius 3 is 2.42 bits per heavy atom. The van der Waals surface area contributed by atoms with E-state index >= 15 is 0 Å². The Balaban J connectivity index is 1.95. The highest BCUT2D eigenvalue weighted by atomic mass is 16.5. The van der Waals surface area contributed by atoms with Crippen molar-refractivity contribution in [1.29, 1.82) is 0 Å². The molecule has 2 rings (SSSR count). The molecule has 0 radical (unpaired) electrons. The third-order valence-electron chi connectivity index (χ3n) is 2.82. The van der Waals surface area contributed by atoms with Gasteiger partial charge < -0.3 is 14.8 Å². The van der Waals surface area contributed by atoms with Crippen LogP contribution in [0.3, 0.4) is 0 Å². The van der Waals surface area contributed by atoms with Gasteiger partial charge in [-0.05, 0) is 18.1 Å². The zero-order valence-electron chi connectivity index (χ0n) is 11.2. The number of anilines is 1. The maximum Gasteiger partial charge on any atom is 0.124 e. The van der Waals surface area contributed by atoms with Crippen LogP contribution in [0.15, 0.2) is 42.7 Å². The largest absolute Gasteiger partial charge is 0.497 e. The number of hydrogen-bond donors (Lipinski definition) is 1. The fraction of sp³-hybridized carbons (Fsp3) is 0.267. The first-order chi connectivity index (χ1) is 9.31. The minimum absolute atomic E-state index is 0.781. The lowest BCUT2D eigenvalue weighted by Crippen LogP contribution is -2.05. The summed E-state index contributed by atoms with van der Waals surface area (Å²) in [4.78, 5) is 4.10. The molecule has 100 valence electrons. The summed E-state index contributed by atoms with van der Waals surface area (Å²) in [5.74, 6) is 1.56. The summed E-state index contributed by atoms with van der Waals surface area (Å²) in [5, 5.41) is 3.35. The van der Waals surface area contributed by atoms with Crippen molar-refractivity contribution in [3.05, 3.63) is 48.3 Å². The second-order valence-corrected chi connectivity index (χ2v) is 4.14. The fourth-order valence-electron chi connectivity index (χ4n) is 1.81. The summed E-state index contributed by atoms with van der Waals surface area (Å²) in [6, 6.07) is 9.77. The van der Waals surface area contributed by atoms with Gasteiger partial charge in [-0.15, -0.1) is 0 Å². The van der Waals surface area contributed by atoms with Crippen LogP contribution in [-0.2, 0) is 6.42 Å². The topological polar surface area (TPSA) is 43.4 Å². The number of rotatable bonds is 6. The molecule has 0 saturated heterocycles. The van der Waals surface area contributed by atoms with Gasteiger partial charge in [0, 0.05) is 42.8 Å². The van der Waals surface area contributed by atoms with Crippen LogP contribution in [-0.4, -0.2) is 25.7 Å². The molecule has 0 atom stereocenters. The molecule has 1 N–H and O–H groups in total. The molecule has 0 fully saturated rings. The van der Waals surface area contributed by atoms with Crippen LogP contribution in [0.5, 0.6) is 11.5 Å². The van der Waals surface area contributed by atoms with E-state index in [4.69, 9.17) is 9.47 Å². The van der Waals surface area contributed by atoms with Gasteiger partial charge in [0.15, 0.2) is 0 Å². The van der Waals surface area contributed by atoms with Crippen molar-refractivity contribution >= 4 is 5.69 Å². The van der Waals surface area contributed by atoms with Gasteiger partial charge in [0.25, 0.3) is 0 Å². The highest BCUT2D eigenvalue weighted by Gasteiger charge is 2.01. The van der Waals surface area contributed by atoms with E-state index in [1.165, 1.54) is 5.56 Å². The van der Waals surface area contributed by atoms with E-state index in [1.807, 2.05) is 30.5 Å². The number of pyridine rings is 1. The molecule has 1 heterocycles. The average molecular weight is 258 g/mol. The van der Waals surface area contributed by atoms with E-state index in [9.17, 15) is 0 Å². The Morgan fingerprint density at radius 2 is 1.84 bits per heavy atom. The summed E-state index contributed by atoms with van der Waals surface area (Å²) >= 11 is 0. The van der Waals surface area contributed by atoms with E-state index in [-0.39, 0.29) is 0 Å². The van der Waals surface area contributed by atoms with Crippen LogP contribution in [0.25, 0.3) is 0 Å². The first kappa shape index (κ1) is 13.2. The van der Waals surface area contributed by atoms with Crippen LogP contribution in [0.2, 0.25) is 0 Å². The molecular formula is C15H18N2O2. The van der Waals surface area contributed by atoms with E-state index in [2.05, 4.69) is 16.4 Å². The van der Waals surface area contributed by atoms with Crippen LogP contribution in [0.4, 0.5) is 5.69 Å². The molecule has 1 aromatic heterocycles. The van der Waals surface area contributed by atoms with Crippen LogP contribution in [0, 0.1) is 0 Å². The molecule has 2 aromatic rings. The van der Waals surface area contributed by atoms with Crippen molar-refractivity contribution in [2.75, 3.05) is 26.1 Å². The molecule has 0 aliphatic carbocycles. The predicted octanol–water partition coefficient (Wildman–Crippen LogP) is 2.75. The van der Waals surface area contributed by atoms with Crippen LogP contribution in [0.1, 0.15) is 5.56 Å². The molecule has 0 bridgehead atoms. The molecule has 0 amide bonds. The Hall–Kier alpha value is -2.23. The summed E-state index contributed by atoms with van der Waals surface area (Å²) in [5.41, 5.74) is 2.20. The van der Waals surface area contributed by atoms with Crippen molar-refractivity contribution in [3.8, 4) is 11.5 Å². The summed E-state index contributed by atoms with van der Waals surface area (Å²) in [6.45, 7) is 0.835. The van der Waals surface area contributed by atoms with Gasteiger partial charge in [-0.3, -0.25) is 4.98 Å². The monoisotopic (exact) mass is 258 g/mol. The number of benzene rings is 1. The van der Waals surface area contributed by atoms with Crippen molar-refractivity contribution in [2.45, 2.75) is 6.42 Å². The zero-order chi connectivity index (χ0) is 13.5. The molecule has 0 spiro atoms. The number of nitrogens with one attached hydrogen (secondary N) is 1. The van der Waals surface area contributed by atoms with Gasteiger partial charge in [-0.1, -0.05) is 6.07 Å². The third-order valence-corrected chi connectivity index (χ3v) is 2.82. The second kappa shape index (κ2) is 6.64. The normalized spacial score (nSPS) is 10.0. The number of hydrogen-bond acceptors (Lipinski definition) is 4. The molecule has 0 saturated carbocycles. The highest BCUT2D eigenvalue weighted by Crippen LogP contribution is 2.25. The first-order valence-corrected chi connectivity index (χ1v) is 6.17. The first-order valence-electron chi connectivity index (χ1n) is 6.17. The van der Waals surface area contributed by atoms with Crippen molar-refractivity contribution in [3.63, 3.8) is 0 Å². The van der Waals surface area contributed by atoms with E-state index in [0.717, 1.165) is 30.2 Å². The van der Waals surface area contributed by atoms with Gasteiger partial charge in [0.05, 0.1) is 14.2 Å². The van der Waals surface area contributed by atoms with Crippen LogP contribution >= 0.6 is 0 Å². The van der Waals surface area contributed by atoms with E-state index < -0.39 is 0 Å². The third kappa shape index (κ3) is 3.88. The van der Waals surface area contributed by atoms with Crippen LogP contribution < -0.4 is 14.8 Å². The van der Waals surface area contributed by atoms with Gasteiger partial charge in [-0.2, -0.15) is 0 Å². The minimum Gasteiger partial charge on any atom is -0.497 e. The molecule has 1 aromatic carbocycles. The number of methoxy groups -OCH3 is 2. The number of ether oxygens (including phenoxy) is 2. The summed E-state index contributed by atoms with van der Waals surface area (Å²) < 4.78 is 10.5. The van der Waals surface area contributed by atoms with Gasteiger partial charge >= 0.3 is 0 Å². The minimum atomic E-state index is 0.781. The van der Waals surface area contributed by atoms with Crippen molar-refractivity contribution in [2.24, 2.45) is 0 Å². The maximum absolute atomic E-state index is 5.23. The van der Waals surface area contributed by atoms with Crippen molar-refractivity contribution in [1.82, 2.24) is 4.98 Å². The lowest BCUT2D eigenvalue weighted by molar-refractivity contribution is 0.394. The Morgan fingerprint density at radius 1 is 1.11 bits per heavy atom. The second-order valence-electron chi connectivity index (χ2n) is 4.14. The number of nitrogens with zero attached hydrogens (tertiary/aromatic N) is 1. The van der Waals surface area contributed by atoms with E-state index in [1.54, 1.807) is 20.4 Å². The van der Waals surface area contributed by atoms with Gasteiger partial charge in [0.2, 0.25) is 0 Å². The fourth-order valence-corrected chi connectivity index (χ4v) is 1.81. The smallest absolute Gasteiger partial charge is 0.124 e. The van der Waals surface area contributed by atoms with Gasteiger partial charge in [-0.25, -0.2) is 0 Å². The zero-order valence-corrected chi connectivity index (χ0v) is 11.2. The average Bonchev–Trinajstić information content (AvgIpc) is 2.48. The molecule has 19 heavy (non-hydrogen) atoms. The molecule has 0 aliphatic heterocycles. The number of aromatic nitrogens is 1. The Bertz CT molecular complexity index is 493. The van der Waals surface area contributed by atoms with E-state index in [0.29, 0.717) is 0 Å². The predicted molar refractivity (Wildman–Crippen MR) is 76.0 cm³/mol. The Kier molecular flexibility index (Phi) is 4.61. The maximum atomic E-state index is 5.23. The Labute approximate surface area is 113 Å². The lowest BCUT2D eigenvalue weighted by atomic mass is 10.2. The molecule has 0 unspecified atom stereocenters. The highest BCUT2D eigenvalue weighted by molar-refractivity contribution is 5.53. The van der Waals surface area contributed by atoms with Crippen molar-refractivity contribution < 1.29 is 9.47 Å².